The number of ether oxygens (including phenoxy) is 2. The molecule has 2 saturated carbocycles. The molecule has 0 atom stereocenters. The monoisotopic (exact) mass is 499 g/mol. The highest BCUT2D eigenvalue weighted by molar-refractivity contribution is 5.57. The van der Waals surface area contributed by atoms with Crippen LogP contribution in [0.4, 0.5) is 26.3 Å². The van der Waals surface area contributed by atoms with Gasteiger partial charge in [-0.2, -0.15) is 13.2 Å². The van der Waals surface area contributed by atoms with Crippen LogP contribution in [0.5, 0.6) is 5.75 Å². The lowest BCUT2D eigenvalue weighted by molar-refractivity contribution is -0.138. The normalized spacial score (nSPS) is 24.9. The molecule has 1 aromatic carbocycles. The molecule has 0 saturated heterocycles. The van der Waals surface area contributed by atoms with E-state index in [9.17, 15) is 26.3 Å². The number of hydrogen-bond acceptors (Lipinski definition) is 4. The van der Waals surface area contributed by atoms with E-state index < -0.39 is 53.8 Å². The number of halogens is 6. The summed E-state index contributed by atoms with van der Waals surface area (Å²) in [6.07, 6.45) is -3.09. The first-order chi connectivity index (χ1) is 16.5. The quantitative estimate of drug-likeness (QED) is 0.389. The van der Waals surface area contributed by atoms with Crippen molar-refractivity contribution in [3.63, 3.8) is 0 Å². The van der Waals surface area contributed by atoms with E-state index in [1.54, 1.807) is 19.2 Å². The Kier molecular flexibility index (Phi) is 5.73. The predicted octanol–water partition coefficient (Wildman–Crippen LogP) is 6.26. The van der Waals surface area contributed by atoms with Gasteiger partial charge in [0.05, 0.1) is 11.7 Å². The van der Waals surface area contributed by atoms with Gasteiger partial charge in [0.25, 0.3) is 0 Å². The van der Waals surface area contributed by atoms with Crippen molar-refractivity contribution in [1.29, 1.82) is 0 Å². The zero-order valence-corrected chi connectivity index (χ0v) is 18.8. The maximum Gasteiger partial charge on any atom is 0.423 e. The van der Waals surface area contributed by atoms with E-state index in [0.717, 1.165) is 9.96 Å². The Morgan fingerprint density at radius 2 is 1.66 bits per heavy atom. The van der Waals surface area contributed by atoms with Gasteiger partial charge in [-0.05, 0) is 49.4 Å². The number of alkyl halides is 5. The first-order valence-corrected chi connectivity index (χ1v) is 11.3. The number of methoxy groups -OCH3 is 1. The molecule has 35 heavy (non-hydrogen) atoms. The van der Waals surface area contributed by atoms with Crippen molar-refractivity contribution >= 4 is 5.65 Å². The molecule has 2 aromatic heterocycles. The zero-order chi connectivity index (χ0) is 25.0. The standard InChI is InChI=1S/C24H23F6N3O2/c1-34-22(15-2-4-16(25)5-3-15)9-6-17(7-10-22)35-18-8-11-33-20(14-12-23(26,27)13-14)31-32-21(33)19(18)24(28,29)30/h2-5,8,11,14,17H,6-7,9-10,12-13H2,1H3/t17-,22-. The van der Waals surface area contributed by atoms with Crippen molar-refractivity contribution in [3.8, 4) is 5.75 Å². The molecule has 2 fully saturated rings. The minimum absolute atomic E-state index is 0.0878. The second-order valence-electron chi connectivity index (χ2n) is 9.29. The second kappa shape index (κ2) is 8.39. The molecule has 2 aliphatic carbocycles. The molecule has 0 aliphatic heterocycles. The fourth-order valence-corrected chi connectivity index (χ4v) is 5.16. The summed E-state index contributed by atoms with van der Waals surface area (Å²) in [4.78, 5) is 0. The molecular weight excluding hydrogens is 476 g/mol. The maximum absolute atomic E-state index is 14.1. The van der Waals surface area contributed by atoms with Gasteiger partial charge in [0, 0.05) is 32.1 Å². The molecule has 2 heterocycles. The van der Waals surface area contributed by atoms with Gasteiger partial charge in [0.2, 0.25) is 5.92 Å². The van der Waals surface area contributed by atoms with Crippen LogP contribution in [0.2, 0.25) is 0 Å². The molecule has 2 aliphatic rings. The van der Waals surface area contributed by atoms with Crippen LogP contribution < -0.4 is 4.74 Å². The van der Waals surface area contributed by atoms with Crippen LogP contribution in [0.15, 0.2) is 36.5 Å². The van der Waals surface area contributed by atoms with Crippen molar-refractivity contribution in [3.05, 3.63) is 59.3 Å². The third-order valence-electron chi connectivity index (χ3n) is 7.10. The third kappa shape index (κ3) is 4.34. The highest BCUT2D eigenvalue weighted by atomic mass is 19.4. The molecule has 188 valence electrons. The molecule has 0 amide bonds. The van der Waals surface area contributed by atoms with Gasteiger partial charge in [0.15, 0.2) is 5.65 Å². The summed E-state index contributed by atoms with van der Waals surface area (Å²) in [7, 11) is 1.56. The highest BCUT2D eigenvalue weighted by Crippen LogP contribution is 2.49. The van der Waals surface area contributed by atoms with Crippen molar-refractivity contribution in [2.45, 2.75) is 68.2 Å². The van der Waals surface area contributed by atoms with E-state index in [4.69, 9.17) is 9.47 Å². The lowest BCUT2D eigenvalue weighted by Crippen LogP contribution is -2.37. The number of nitrogens with zero attached hydrogens (tertiary/aromatic N) is 3. The molecule has 0 bridgehead atoms. The molecule has 11 heteroatoms. The van der Waals surface area contributed by atoms with Gasteiger partial charge in [-0.25, -0.2) is 13.2 Å². The third-order valence-corrected chi connectivity index (χ3v) is 7.10. The van der Waals surface area contributed by atoms with Crippen LogP contribution in [0.25, 0.3) is 5.65 Å². The summed E-state index contributed by atoms with van der Waals surface area (Å²) in [5, 5.41) is 7.49. The average Bonchev–Trinajstić information content (AvgIpc) is 3.21. The van der Waals surface area contributed by atoms with Gasteiger partial charge in [-0.15, -0.1) is 10.2 Å². The number of rotatable bonds is 5. The van der Waals surface area contributed by atoms with Gasteiger partial charge in [0.1, 0.15) is 23.0 Å². The molecule has 0 unspecified atom stereocenters. The molecule has 0 radical (unpaired) electrons. The summed E-state index contributed by atoms with van der Waals surface area (Å²) in [5.74, 6) is -4.14. The minimum atomic E-state index is -4.79. The van der Waals surface area contributed by atoms with E-state index in [-0.39, 0.29) is 17.4 Å². The summed E-state index contributed by atoms with van der Waals surface area (Å²) in [5.41, 5.74) is -1.41. The molecule has 3 aromatic rings. The van der Waals surface area contributed by atoms with E-state index in [2.05, 4.69) is 10.2 Å². The second-order valence-corrected chi connectivity index (χ2v) is 9.29. The lowest BCUT2D eigenvalue weighted by Gasteiger charge is -2.39. The SMILES string of the molecule is CO[C@]1(c2ccc(F)cc2)CC[C@@H](Oc2ccn3c(C4CC(F)(F)C4)nnc3c2C(F)(F)F)CC1. The Balaban J connectivity index is 1.38. The van der Waals surface area contributed by atoms with Gasteiger partial charge in [-0.1, -0.05) is 12.1 Å². The molecule has 0 spiro atoms. The Hall–Kier alpha value is -2.82. The first-order valence-electron chi connectivity index (χ1n) is 11.3. The molecule has 5 nitrogen and oxygen atoms in total. The Morgan fingerprint density at radius 3 is 2.23 bits per heavy atom. The zero-order valence-electron chi connectivity index (χ0n) is 18.8. The van der Waals surface area contributed by atoms with Crippen molar-refractivity contribution in [1.82, 2.24) is 14.6 Å². The largest absolute Gasteiger partial charge is 0.490 e. The summed E-state index contributed by atoms with van der Waals surface area (Å²) in [6.45, 7) is 0. The van der Waals surface area contributed by atoms with E-state index >= 15 is 0 Å². The fourth-order valence-electron chi connectivity index (χ4n) is 5.16. The van der Waals surface area contributed by atoms with Crippen molar-refractivity contribution in [2.24, 2.45) is 0 Å². The highest BCUT2D eigenvalue weighted by Gasteiger charge is 2.48. The maximum atomic E-state index is 14.1. The van der Waals surface area contributed by atoms with Crippen LogP contribution in [-0.2, 0) is 16.5 Å². The van der Waals surface area contributed by atoms with Gasteiger partial charge < -0.3 is 9.47 Å². The van der Waals surface area contributed by atoms with Gasteiger partial charge in [-0.3, -0.25) is 4.40 Å². The summed E-state index contributed by atoms with van der Waals surface area (Å²) in [6, 6.07) is 7.19. The number of fused-ring (bicyclic) bond motifs is 1. The van der Waals surface area contributed by atoms with Crippen molar-refractivity contribution < 1.29 is 35.8 Å². The lowest BCUT2D eigenvalue weighted by atomic mass is 9.78. The Bertz CT molecular complexity index is 1210. The van der Waals surface area contributed by atoms with Crippen LogP contribution in [0, 0.1) is 5.82 Å². The minimum Gasteiger partial charge on any atom is -0.490 e. The predicted molar refractivity (Wildman–Crippen MR) is 113 cm³/mol. The average molecular weight is 499 g/mol. The van der Waals surface area contributed by atoms with E-state index in [1.807, 2.05) is 0 Å². The Morgan fingerprint density at radius 1 is 1.00 bits per heavy atom. The van der Waals surface area contributed by atoms with Crippen molar-refractivity contribution in [2.75, 3.05) is 7.11 Å². The number of benzene rings is 1. The topological polar surface area (TPSA) is 48.7 Å². The molecular formula is C24H23F6N3O2. The summed E-state index contributed by atoms with van der Waals surface area (Å²) >= 11 is 0. The molecule has 0 N–H and O–H groups in total. The summed E-state index contributed by atoms with van der Waals surface area (Å²) < 4.78 is 94.8. The van der Waals surface area contributed by atoms with Crippen LogP contribution in [-0.4, -0.2) is 33.7 Å². The number of hydrogen-bond donors (Lipinski definition) is 0. The van der Waals surface area contributed by atoms with Gasteiger partial charge >= 0.3 is 6.18 Å². The van der Waals surface area contributed by atoms with E-state index in [0.29, 0.717) is 25.7 Å². The fraction of sp³-hybridized carbons (Fsp3) is 0.500. The van der Waals surface area contributed by atoms with Crippen LogP contribution in [0.3, 0.4) is 0 Å². The van der Waals surface area contributed by atoms with E-state index in [1.165, 1.54) is 24.4 Å². The number of pyridine rings is 1. The molecule has 5 rings (SSSR count). The Labute approximate surface area is 197 Å². The van der Waals surface area contributed by atoms with Crippen LogP contribution >= 0.6 is 0 Å². The van der Waals surface area contributed by atoms with Crippen LogP contribution in [0.1, 0.15) is 61.4 Å². The smallest absolute Gasteiger partial charge is 0.423 e. The number of aromatic nitrogens is 3. The first kappa shape index (κ1) is 23.9.